The summed E-state index contributed by atoms with van der Waals surface area (Å²) in [5, 5.41) is 10.9. The molecule has 0 aromatic heterocycles. The Morgan fingerprint density at radius 1 is 1.07 bits per heavy atom. The first kappa shape index (κ1) is 30.7. The van der Waals surface area contributed by atoms with Crippen molar-refractivity contribution in [3.05, 3.63) is 70.3 Å². The van der Waals surface area contributed by atoms with Crippen LogP contribution in [0.4, 0.5) is 27.1 Å². The van der Waals surface area contributed by atoms with E-state index in [0.717, 1.165) is 63.5 Å². The van der Waals surface area contributed by atoms with Gasteiger partial charge in [0.25, 0.3) is 5.91 Å². The number of piperidine rings is 1. The molecular weight excluding hydrogens is 599 g/mol. The van der Waals surface area contributed by atoms with Crippen molar-refractivity contribution >= 4 is 52.0 Å². The van der Waals surface area contributed by atoms with E-state index in [0.29, 0.717) is 17.2 Å². The van der Waals surface area contributed by atoms with E-state index in [2.05, 4.69) is 50.2 Å². The van der Waals surface area contributed by atoms with E-state index < -0.39 is 11.7 Å². The summed E-state index contributed by atoms with van der Waals surface area (Å²) < 4.78 is 14.4. The van der Waals surface area contributed by atoms with Gasteiger partial charge in [0.05, 0.1) is 33.3 Å². The zero-order valence-corrected chi connectivity index (χ0v) is 26.4. The number of hydrogen-bond acceptors (Lipinski definition) is 10. The van der Waals surface area contributed by atoms with Crippen molar-refractivity contribution in [1.29, 1.82) is 0 Å². The van der Waals surface area contributed by atoms with E-state index in [4.69, 9.17) is 17.3 Å². The van der Waals surface area contributed by atoms with Crippen molar-refractivity contribution in [1.82, 2.24) is 25.8 Å². The summed E-state index contributed by atoms with van der Waals surface area (Å²) in [5.41, 5.74) is 14.8. The van der Waals surface area contributed by atoms with Gasteiger partial charge < -0.3 is 25.8 Å². The second-order valence-corrected chi connectivity index (χ2v) is 12.3. The van der Waals surface area contributed by atoms with Crippen molar-refractivity contribution in [2.45, 2.75) is 19.8 Å². The molecule has 2 fully saturated rings. The fourth-order valence-corrected chi connectivity index (χ4v) is 6.16. The van der Waals surface area contributed by atoms with Crippen LogP contribution in [0.25, 0.3) is 0 Å². The molecule has 0 radical (unpaired) electrons. The molecule has 2 aromatic carbocycles. The minimum atomic E-state index is -0.640. The van der Waals surface area contributed by atoms with E-state index in [-0.39, 0.29) is 33.7 Å². The second-order valence-electron chi connectivity index (χ2n) is 11.9. The van der Waals surface area contributed by atoms with Crippen molar-refractivity contribution in [3.63, 3.8) is 0 Å². The average molecular weight is 637 g/mol. The summed E-state index contributed by atoms with van der Waals surface area (Å²) in [4.78, 5) is 33.3. The van der Waals surface area contributed by atoms with Crippen molar-refractivity contribution in [2.75, 3.05) is 74.3 Å². The van der Waals surface area contributed by atoms with Gasteiger partial charge in [-0.1, -0.05) is 11.6 Å². The fraction of sp³-hybridized carbons (Fsp3) is 0.387. The van der Waals surface area contributed by atoms with Crippen LogP contribution in [-0.2, 0) is 4.79 Å². The van der Waals surface area contributed by atoms with Crippen LogP contribution in [0.2, 0.25) is 5.02 Å². The maximum atomic E-state index is 14.4. The Morgan fingerprint density at radius 2 is 1.78 bits per heavy atom. The van der Waals surface area contributed by atoms with E-state index in [1.165, 1.54) is 13.0 Å². The number of amidine groups is 1. The van der Waals surface area contributed by atoms with E-state index in [1.807, 2.05) is 30.4 Å². The zero-order valence-electron chi connectivity index (χ0n) is 25.6. The predicted molar refractivity (Wildman–Crippen MR) is 175 cm³/mol. The number of amides is 2. The van der Waals surface area contributed by atoms with Crippen LogP contribution in [0.3, 0.4) is 0 Å². The quantitative estimate of drug-likeness (QED) is 0.354. The predicted octanol–water partition coefficient (Wildman–Crippen LogP) is 3.10. The Balaban J connectivity index is 1.25. The highest BCUT2D eigenvalue weighted by atomic mass is 35.5. The monoisotopic (exact) mass is 636 g/mol. The van der Waals surface area contributed by atoms with Crippen LogP contribution in [-0.4, -0.2) is 85.8 Å². The molecule has 5 N–H and O–H groups in total. The highest BCUT2D eigenvalue weighted by molar-refractivity contribution is 6.35. The van der Waals surface area contributed by atoms with Crippen LogP contribution in [0.1, 0.15) is 28.8 Å². The highest BCUT2D eigenvalue weighted by Gasteiger charge is 2.32. The number of hydrazone groups is 1. The van der Waals surface area contributed by atoms with Crippen LogP contribution >= 0.6 is 11.6 Å². The number of nitrogens with zero attached hydrogens (tertiary/aromatic N) is 6. The van der Waals surface area contributed by atoms with Gasteiger partial charge in [0.2, 0.25) is 5.91 Å². The van der Waals surface area contributed by atoms with E-state index in [1.54, 1.807) is 16.2 Å². The molecule has 12 nitrogen and oxygen atoms in total. The molecule has 0 bridgehead atoms. The summed E-state index contributed by atoms with van der Waals surface area (Å²) in [6.45, 7) is 6.56. The van der Waals surface area contributed by atoms with E-state index in [9.17, 15) is 14.0 Å². The van der Waals surface area contributed by atoms with Gasteiger partial charge in [-0.2, -0.15) is 0 Å². The summed E-state index contributed by atoms with van der Waals surface area (Å²) in [7, 11) is 4.14. The number of fused-ring (bicyclic) bond motifs is 1. The fourth-order valence-electron chi connectivity index (χ4n) is 5.93. The number of hydrogen-bond donors (Lipinski definition) is 4. The Kier molecular flexibility index (Phi) is 8.58. The second kappa shape index (κ2) is 12.6. The van der Waals surface area contributed by atoms with Crippen LogP contribution in [0, 0.1) is 18.7 Å². The first-order valence-electron chi connectivity index (χ1n) is 15.0. The van der Waals surface area contributed by atoms with Gasteiger partial charge in [0.15, 0.2) is 11.7 Å². The lowest BCUT2D eigenvalue weighted by Gasteiger charge is -2.35. The maximum absolute atomic E-state index is 14.4. The number of likely N-dealkylation sites (N-methyl/N-ethyl adjacent to an activating group) is 1. The molecule has 238 valence electrons. The Bertz CT molecular complexity index is 1600. The third kappa shape index (κ3) is 6.15. The smallest absolute Gasteiger partial charge is 0.257 e. The number of benzene rings is 2. The average Bonchev–Trinajstić information content (AvgIpc) is 3.48. The lowest BCUT2D eigenvalue weighted by Crippen LogP contribution is -2.48. The van der Waals surface area contributed by atoms with Gasteiger partial charge in [-0.05, 0) is 83.4 Å². The molecule has 14 heteroatoms. The summed E-state index contributed by atoms with van der Waals surface area (Å²) in [5.74, 6) is -0.698. The number of likely N-dealkylation sites (tertiary alicyclic amines) is 1. The number of rotatable bonds is 6. The summed E-state index contributed by atoms with van der Waals surface area (Å²) >= 11 is 6.40. The van der Waals surface area contributed by atoms with Gasteiger partial charge in [0, 0.05) is 43.9 Å². The van der Waals surface area contributed by atoms with Crippen molar-refractivity contribution in [2.24, 2.45) is 11.0 Å². The van der Waals surface area contributed by atoms with Gasteiger partial charge in [-0.25, -0.2) is 19.9 Å². The largest absolute Gasteiger partial charge is 0.396 e. The molecule has 2 amide bonds. The maximum Gasteiger partial charge on any atom is 0.257 e. The number of carbonyl (C=O) groups excluding carboxylic acids is 2. The zero-order chi connectivity index (χ0) is 31.8. The number of carbonyl (C=O) groups is 2. The number of anilines is 4. The van der Waals surface area contributed by atoms with Gasteiger partial charge in [0.1, 0.15) is 5.70 Å². The van der Waals surface area contributed by atoms with Crippen molar-refractivity contribution in [3.8, 4) is 0 Å². The SMILES string of the molecule is Cc1c(F)c(N)cc(C(=O)Nc2cc(N3NN=C4C3=CC=CN4NC(=O)C3CCN(C)CC3)ccc2N2CCN(C)CC2)c1Cl. The number of halogens is 2. The normalized spacial score (nSPS) is 19.2. The first-order chi connectivity index (χ1) is 21.6. The first-order valence-corrected chi connectivity index (χ1v) is 15.4. The molecule has 4 heterocycles. The number of nitrogens with one attached hydrogen (secondary N) is 3. The number of nitrogens with two attached hydrogens (primary N) is 1. The third-order valence-electron chi connectivity index (χ3n) is 8.79. The van der Waals surface area contributed by atoms with Gasteiger partial charge in [-0.3, -0.25) is 15.0 Å². The van der Waals surface area contributed by atoms with Crippen molar-refractivity contribution < 1.29 is 14.0 Å². The van der Waals surface area contributed by atoms with E-state index >= 15 is 0 Å². The summed E-state index contributed by atoms with van der Waals surface area (Å²) in [6.07, 6.45) is 7.12. The standard InChI is InChI=1S/C31H38ClFN10O2/c1-19-27(32)22(18-23(34)28(19)33)31(45)35-24-17-21(6-7-25(24)41-15-13-40(3)14-16-41)43-26-5-4-10-42(29(26)36-38-43)37-30(44)20-8-11-39(2)12-9-20/h4-7,10,17-18,20,38H,8-9,11-16,34H2,1-3H3,(H,35,45)(H,37,44). The molecule has 2 saturated heterocycles. The van der Waals surface area contributed by atoms with Gasteiger partial charge in [-0.15, -0.1) is 5.10 Å². The summed E-state index contributed by atoms with van der Waals surface area (Å²) in [6, 6.07) is 7.02. The molecule has 4 aliphatic heterocycles. The molecule has 0 aliphatic carbocycles. The Labute approximate surface area is 266 Å². The van der Waals surface area contributed by atoms with Crippen LogP contribution < -0.4 is 31.9 Å². The van der Waals surface area contributed by atoms with Crippen LogP contribution in [0.15, 0.2) is 53.4 Å². The topological polar surface area (TPSA) is 125 Å². The Morgan fingerprint density at radius 3 is 2.51 bits per heavy atom. The number of piperazine rings is 1. The van der Waals surface area contributed by atoms with Gasteiger partial charge >= 0.3 is 0 Å². The highest BCUT2D eigenvalue weighted by Crippen LogP contribution is 2.35. The molecule has 0 unspecified atom stereocenters. The molecule has 0 atom stereocenters. The third-order valence-corrected chi connectivity index (χ3v) is 9.27. The number of nitrogen functional groups attached to an aromatic ring is 1. The number of allylic oxidation sites excluding steroid dienone is 2. The van der Waals surface area contributed by atoms with Crippen LogP contribution in [0.5, 0.6) is 0 Å². The molecule has 4 aliphatic rings. The molecule has 0 saturated carbocycles. The number of hydrazine groups is 2. The molecule has 45 heavy (non-hydrogen) atoms. The lowest BCUT2D eigenvalue weighted by molar-refractivity contribution is -0.129. The Hall–Kier alpha value is -4.33. The molecule has 2 aromatic rings. The minimum Gasteiger partial charge on any atom is -0.396 e. The molecule has 6 rings (SSSR count). The molecular formula is C31H38ClFN10O2. The lowest BCUT2D eigenvalue weighted by atomic mass is 9.96. The molecule has 0 spiro atoms. The minimum absolute atomic E-state index is 0.0114.